The Morgan fingerprint density at radius 1 is 0.938 bits per heavy atom. The summed E-state index contributed by atoms with van der Waals surface area (Å²) in [7, 11) is 0. The third kappa shape index (κ3) is 3.46. The topological polar surface area (TPSA) is 72.9 Å². The molecular formula is C26H22N4O2. The van der Waals surface area contributed by atoms with Gasteiger partial charge in [0.05, 0.1) is 28.8 Å². The van der Waals surface area contributed by atoms with Crippen molar-refractivity contribution in [3.8, 4) is 17.1 Å². The zero-order valence-corrected chi connectivity index (χ0v) is 17.9. The van der Waals surface area contributed by atoms with E-state index in [-0.39, 0.29) is 0 Å². The average molecular weight is 422 g/mol. The van der Waals surface area contributed by atoms with Gasteiger partial charge in [0.2, 0.25) is 5.95 Å². The minimum Gasteiger partial charge on any atom is -0.478 e. The van der Waals surface area contributed by atoms with Gasteiger partial charge >= 0.3 is 5.97 Å². The maximum atomic E-state index is 11.6. The Morgan fingerprint density at radius 2 is 1.66 bits per heavy atom. The molecule has 0 aliphatic heterocycles. The van der Waals surface area contributed by atoms with Crippen LogP contribution in [0.5, 0.6) is 0 Å². The summed E-state index contributed by atoms with van der Waals surface area (Å²) in [6, 6.07) is 25.2. The molecule has 0 saturated heterocycles. The number of para-hydroxylation sites is 2. The lowest BCUT2D eigenvalue weighted by atomic mass is 9.99. The first-order valence-electron chi connectivity index (χ1n) is 10.4. The number of fused-ring (bicyclic) bond motifs is 1. The number of imidazole rings is 1. The van der Waals surface area contributed by atoms with E-state index < -0.39 is 5.97 Å². The molecule has 0 atom stereocenters. The van der Waals surface area contributed by atoms with Crippen LogP contribution in [-0.2, 0) is 6.54 Å². The summed E-state index contributed by atoms with van der Waals surface area (Å²) >= 11 is 0. The second-order valence-corrected chi connectivity index (χ2v) is 7.87. The fourth-order valence-electron chi connectivity index (χ4n) is 4.11. The minimum absolute atomic E-state index is 0.299. The van der Waals surface area contributed by atoms with Crippen LogP contribution < -0.4 is 0 Å². The van der Waals surface area contributed by atoms with E-state index >= 15 is 0 Å². The number of benzene rings is 3. The molecule has 0 radical (unpaired) electrons. The van der Waals surface area contributed by atoms with Gasteiger partial charge in [0.1, 0.15) is 0 Å². The van der Waals surface area contributed by atoms with Crippen molar-refractivity contribution in [2.75, 3.05) is 0 Å². The summed E-state index contributed by atoms with van der Waals surface area (Å²) in [5, 5.41) is 14.1. The normalized spacial score (nSPS) is 11.2. The first kappa shape index (κ1) is 19.8. The van der Waals surface area contributed by atoms with Gasteiger partial charge in [-0.25, -0.2) is 14.5 Å². The summed E-state index contributed by atoms with van der Waals surface area (Å²) in [4.78, 5) is 16.4. The van der Waals surface area contributed by atoms with Gasteiger partial charge in [-0.05, 0) is 54.8 Å². The van der Waals surface area contributed by atoms with Crippen LogP contribution in [0, 0.1) is 13.8 Å². The van der Waals surface area contributed by atoms with Crippen molar-refractivity contribution >= 4 is 17.0 Å². The maximum absolute atomic E-state index is 11.6. The summed E-state index contributed by atoms with van der Waals surface area (Å²) < 4.78 is 4.04. The molecule has 6 nitrogen and oxygen atoms in total. The molecule has 3 aromatic carbocycles. The van der Waals surface area contributed by atoms with Crippen molar-refractivity contribution in [2.45, 2.75) is 20.4 Å². The van der Waals surface area contributed by atoms with Gasteiger partial charge < -0.3 is 9.67 Å². The van der Waals surface area contributed by atoms with Gasteiger partial charge in [0, 0.05) is 5.69 Å². The second-order valence-electron chi connectivity index (χ2n) is 7.87. The lowest BCUT2D eigenvalue weighted by Gasteiger charge is -2.12. The standard InChI is InChI=1S/C26H22N4O2/c1-17-15-18(2)30(28-17)26-27-23-9-5-6-10-24(23)29(26)16-19-11-13-20(14-12-19)21-7-3-4-8-22(21)25(31)32/h3-15H,16H2,1-2H3,(H,31,32). The largest absolute Gasteiger partial charge is 0.478 e. The Labute approximate surface area is 185 Å². The molecule has 0 unspecified atom stereocenters. The molecular weight excluding hydrogens is 400 g/mol. The van der Waals surface area contributed by atoms with Gasteiger partial charge in [0.25, 0.3) is 0 Å². The number of carbonyl (C=O) groups is 1. The maximum Gasteiger partial charge on any atom is 0.336 e. The van der Waals surface area contributed by atoms with E-state index in [1.54, 1.807) is 12.1 Å². The molecule has 0 aliphatic carbocycles. The molecule has 5 rings (SSSR count). The lowest BCUT2D eigenvalue weighted by Crippen LogP contribution is -2.10. The van der Waals surface area contributed by atoms with Crippen LogP contribution in [-0.4, -0.2) is 30.4 Å². The highest BCUT2D eigenvalue weighted by molar-refractivity contribution is 5.96. The predicted octanol–water partition coefficient (Wildman–Crippen LogP) is 5.25. The monoisotopic (exact) mass is 422 g/mol. The van der Waals surface area contributed by atoms with Crippen LogP contribution in [0.15, 0.2) is 78.9 Å². The number of carboxylic acid groups (broad SMARTS) is 1. The third-order valence-electron chi connectivity index (χ3n) is 5.60. The van der Waals surface area contributed by atoms with Crippen LogP contribution in [0.4, 0.5) is 0 Å². The molecule has 2 heterocycles. The molecule has 2 aromatic heterocycles. The van der Waals surface area contributed by atoms with Crippen LogP contribution in [0.3, 0.4) is 0 Å². The summed E-state index contributed by atoms with van der Waals surface area (Å²) in [6.45, 7) is 4.62. The van der Waals surface area contributed by atoms with Crippen molar-refractivity contribution in [2.24, 2.45) is 0 Å². The van der Waals surface area contributed by atoms with Gasteiger partial charge in [-0.2, -0.15) is 5.10 Å². The van der Waals surface area contributed by atoms with Crippen molar-refractivity contribution in [3.05, 3.63) is 101 Å². The first-order valence-corrected chi connectivity index (χ1v) is 10.4. The number of rotatable bonds is 5. The third-order valence-corrected chi connectivity index (χ3v) is 5.60. The average Bonchev–Trinajstić information content (AvgIpc) is 3.33. The molecule has 0 amide bonds. The van der Waals surface area contributed by atoms with E-state index in [4.69, 9.17) is 4.98 Å². The summed E-state index contributed by atoms with van der Waals surface area (Å²) in [5.74, 6) is -0.152. The molecule has 0 spiro atoms. The van der Waals surface area contributed by atoms with E-state index in [9.17, 15) is 9.90 Å². The van der Waals surface area contributed by atoms with Gasteiger partial charge in [0.15, 0.2) is 0 Å². The molecule has 5 aromatic rings. The zero-order chi connectivity index (χ0) is 22.2. The van der Waals surface area contributed by atoms with Gasteiger partial charge in [-0.3, -0.25) is 0 Å². The zero-order valence-electron chi connectivity index (χ0n) is 17.9. The van der Waals surface area contributed by atoms with E-state index in [0.717, 1.165) is 39.5 Å². The van der Waals surface area contributed by atoms with Gasteiger partial charge in [-0.1, -0.05) is 54.6 Å². The Bertz CT molecular complexity index is 1440. The fourth-order valence-corrected chi connectivity index (χ4v) is 4.11. The predicted molar refractivity (Wildman–Crippen MR) is 124 cm³/mol. The highest BCUT2D eigenvalue weighted by Crippen LogP contribution is 2.26. The Morgan fingerprint density at radius 3 is 2.38 bits per heavy atom. The highest BCUT2D eigenvalue weighted by atomic mass is 16.4. The summed E-state index contributed by atoms with van der Waals surface area (Å²) in [6.07, 6.45) is 0. The Hall–Kier alpha value is -4.19. The number of aryl methyl sites for hydroxylation is 2. The number of aromatic nitrogens is 4. The van der Waals surface area contributed by atoms with Crippen LogP contribution in [0.25, 0.3) is 28.1 Å². The number of hydrogen-bond donors (Lipinski definition) is 1. The molecule has 158 valence electrons. The quantitative estimate of drug-likeness (QED) is 0.420. The van der Waals surface area contributed by atoms with Crippen molar-refractivity contribution in [1.29, 1.82) is 0 Å². The SMILES string of the molecule is Cc1cc(C)n(-c2nc3ccccc3n2Cc2ccc(-c3ccccc3C(=O)O)cc2)n1. The number of carboxylic acids is 1. The number of hydrogen-bond acceptors (Lipinski definition) is 3. The molecule has 0 fully saturated rings. The lowest BCUT2D eigenvalue weighted by molar-refractivity contribution is 0.0697. The Kier molecular flexibility index (Phi) is 4.82. The van der Waals surface area contributed by atoms with Crippen LogP contribution in [0.2, 0.25) is 0 Å². The van der Waals surface area contributed by atoms with Crippen molar-refractivity contribution in [3.63, 3.8) is 0 Å². The van der Waals surface area contributed by atoms with Gasteiger partial charge in [-0.15, -0.1) is 0 Å². The van der Waals surface area contributed by atoms with Crippen molar-refractivity contribution < 1.29 is 9.90 Å². The number of aromatic carboxylic acids is 1. The van der Waals surface area contributed by atoms with E-state index in [1.165, 1.54) is 0 Å². The van der Waals surface area contributed by atoms with Crippen LogP contribution >= 0.6 is 0 Å². The molecule has 0 aliphatic rings. The van der Waals surface area contributed by atoms with E-state index in [2.05, 4.69) is 15.7 Å². The summed E-state index contributed by atoms with van der Waals surface area (Å²) in [5.41, 5.74) is 6.91. The second kappa shape index (κ2) is 7.81. The molecule has 0 bridgehead atoms. The molecule has 32 heavy (non-hydrogen) atoms. The molecule has 6 heteroatoms. The van der Waals surface area contributed by atoms with E-state index in [1.807, 2.05) is 79.2 Å². The fraction of sp³-hybridized carbons (Fsp3) is 0.115. The Balaban J connectivity index is 1.55. The van der Waals surface area contributed by atoms with E-state index in [0.29, 0.717) is 17.7 Å². The van der Waals surface area contributed by atoms with Crippen molar-refractivity contribution in [1.82, 2.24) is 19.3 Å². The first-order chi connectivity index (χ1) is 15.5. The number of nitrogens with zero attached hydrogens (tertiary/aromatic N) is 4. The van der Waals surface area contributed by atoms with Crippen LogP contribution in [0.1, 0.15) is 27.3 Å². The highest BCUT2D eigenvalue weighted by Gasteiger charge is 2.16. The molecule has 1 N–H and O–H groups in total. The minimum atomic E-state index is -0.927. The molecule has 0 saturated carbocycles. The smallest absolute Gasteiger partial charge is 0.336 e.